The van der Waals surface area contributed by atoms with Crippen LogP contribution in [0.1, 0.15) is 51.9 Å². The Morgan fingerprint density at radius 1 is 1.29 bits per heavy atom. The monoisotopic (exact) mass is 284 g/mol. The molecule has 0 spiro atoms. The molecule has 4 heteroatoms. The normalized spacial score (nSPS) is 29.2. The van der Waals surface area contributed by atoms with Crippen molar-refractivity contribution in [1.82, 2.24) is 19.9 Å². The first-order chi connectivity index (χ1) is 10.1. The van der Waals surface area contributed by atoms with Crippen molar-refractivity contribution in [3.8, 4) is 0 Å². The molecule has 1 saturated heterocycles. The summed E-state index contributed by atoms with van der Waals surface area (Å²) in [6, 6.07) is 2.50. The predicted molar refractivity (Wildman–Crippen MR) is 84.1 cm³/mol. The van der Waals surface area contributed by atoms with Gasteiger partial charge in [-0.1, -0.05) is 6.42 Å². The second-order valence-corrected chi connectivity index (χ2v) is 7.58. The molecule has 2 fully saturated rings. The molecule has 4 nitrogen and oxygen atoms in total. The Kier molecular flexibility index (Phi) is 2.86. The highest BCUT2D eigenvalue weighted by Crippen LogP contribution is 2.45. The Hall–Kier alpha value is -1.42. The van der Waals surface area contributed by atoms with Crippen LogP contribution < -0.4 is 5.32 Å². The number of hydrogen-bond donors (Lipinski definition) is 1. The Labute approximate surface area is 126 Å². The quantitative estimate of drug-likeness (QED) is 0.874. The van der Waals surface area contributed by atoms with Gasteiger partial charge in [-0.3, -0.25) is 4.98 Å². The SMILES string of the molecule is CC(C)(C)n1c(C2NCC3CCCC32)nc2cnccc21. The maximum absolute atomic E-state index is 4.96. The molecular weight excluding hydrogens is 260 g/mol. The van der Waals surface area contributed by atoms with Gasteiger partial charge in [-0.25, -0.2) is 4.98 Å². The van der Waals surface area contributed by atoms with Gasteiger partial charge in [-0.2, -0.15) is 0 Å². The standard InChI is InChI=1S/C17H24N4/c1-17(2,3)21-14-7-8-18-10-13(14)20-16(21)15-12-6-4-5-11(12)9-19-15/h7-8,10-12,15,19H,4-6,9H2,1-3H3. The summed E-state index contributed by atoms with van der Waals surface area (Å²) in [6.45, 7) is 7.94. The van der Waals surface area contributed by atoms with Gasteiger partial charge >= 0.3 is 0 Å². The summed E-state index contributed by atoms with van der Waals surface area (Å²) in [6.07, 6.45) is 7.86. The van der Waals surface area contributed by atoms with Crippen LogP contribution >= 0.6 is 0 Å². The summed E-state index contributed by atoms with van der Waals surface area (Å²) in [7, 11) is 0. The molecule has 3 unspecified atom stereocenters. The van der Waals surface area contributed by atoms with Crippen molar-refractivity contribution < 1.29 is 0 Å². The minimum absolute atomic E-state index is 0.0316. The van der Waals surface area contributed by atoms with Crippen LogP contribution in [0.25, 0.3) is 11.0 Å². The summed E-state index contributed by atoms with van der Waals surface area (Å²) in [4.78, 5) is 9.21. The molecule has 4 rings (SSSR count). The van der Waals surface area contributed by atoms with Gasteiger partial charge in [-0.15, -0.1) is 0 Å². The molecule has 3 atom stereocenters. The first-order valence-corrected chi connectivity index (χ1v) is 8.12. The van der Waals surface area contributed by atoms with E-state index in [0.717, 1.165) is 23.9 Å². The first kappa shape index (κ1) is 13.3. The van der Waals surface area contributed by atoms with E-state index < -0.39 is 0 Å². The maximum Gasteiger partial charge on any atom is 0.127 e. The number of imidazole rings is 1. The van der Waals surface area contributed by atoms with Crippen molar-refractivity contribution >= 4 is 11.0 Å². The Balaban J connectivity index is 1.88. The van der Waals surface area contributed by atoms with Gasteiger partial charge in [0.2, 0.25) is 0 Å². The first-order valence-electron chi connectivity index (χ1n) is 8.12. The van der Waals surface area contributed by atoms with Gasteiger partial charge in [0.15, 0.2) is 0 Å². The fraction of sp³-hybridized carbons (Fsp3) is 0.647. The average molecular weight is 284 g/mol. The van der Waals surface area contributed by atoms with Crippen molar-refractivity contribution in [2.75, 3.05) is 6.54 Å². The van der Waals surface area contributed by atoms with Crippen molar-refractivity contribution in [3.63, 3.8) is 0 Å². The van der Waals surface area contributed by atoms with E-state index in [9.17, 15) is 0 Å². The van der Waals surface area contributed by atoms with Crippen LogP contribution in [0.4, 0.5) is 0 Å². The molecule has 2 aromatic heterocycles. The second kappa shape index (κ2) is 4.54. The van der Waals surface area contributed by atoms with Crippen molar-refractivity contribution in [2.45, 2.75) is 51.6 Å². The van der Waals surface area contributed by atoms with Crippen LogP contribution in [-0.4, -0.2) is 21.1 Å². The van der Waals surface area contributed by atoms with E-state index in [1.807, 2.05) is 12.4 Å². The molecule has 0 aromatic carbocycles. The lowest BCUT2D eigenvalue weighted by molar-refractivity contribution is 0.343. The predicted octanol–water partition coefficient (Wildman–Crippen LogP) is 3.25. The molecule has 0 bridgehead atoms. The minimum atomic E-state index is 0.0316. The van der Waals surface area contributed by atoms with Gasteiger partial charge in [0.1, 0.15) is 11.3 Å². The third-order valence-electron chi connectivity index (χ3n) is 5.18. The molecule has 0 amide bonds. The van der Waals surface area contributed by atoms with Crippen LogP contribution in [-0.2, 0) is 5.54 Å². The number of pyridine rings is 1. The highest BCUT2D eigenvalue weighted by molar-refractivity contribution is 5.75. The summed E-state index contributed by atoms with van der Waals surface area (Å²) >= 11 is 0. The fourth-order valence-electron chi connectivity index (χ4n) is 4.33. The lowest BCUT2D eigenvalue weighted by Crippen LogP contribution is -2.29. The summed E-state index contributed by atoms with van der Waals surface area (Å²) < 4.78 is 2.42. The van der Waals surface area contributed by atoms with E-state index in [1.165, 1.54) is 30.6 Å². The molecular formula is C17H24N4. The lowest BCUT2D eigenvalue weighted by atomic mass is 9.93. The lowest BCUT2D eigenvalue weighted by Gasteiger charge is -2.28. The van der Waals surface area contributed by atoms with Crippen LogP contribution in [0.2, 0.25) is 0 Å². The highest BCUT2D eigenvalue weighted by atomic mass is 15.2. The van der Waals surface area contributed by atoms with Gasteiger partial charge < -0.3 is 9.88 Å². The number of hydrogen-bond acceptors (Lipinski definition) is 3. The molecule has 1 aliphatic heterocycles. The molecule has 1 N–H and O–H groups in total. The van der Waals surface area contributed by atoms with E-state index in [0.29, 0.717) is 6.04 Å². The molecule has 0 radical (unpaired) electrons. The Morgan fingerprint density at radius 3 is 2.95 bits per heavy atom. The molecule has 3 heterocycles. The fourth-order valence-corrected chi connectivity index (χ4v) is 4.33. The molecule has 1 saturated carbocycles. The largest absolute Gasteiger partial charge is 0.321 e. The van der Waals surface area contributed by atoms with E-state index in [1.54, 1.807) is 0 Å². The summed E-state index contributed by atoms with van der Waals surface area (Å²) in [5.41, 5.74) is 2.26. The Bertz CT molecular complexity index is 667. The summed E-state index contributed by atoms with van der Waals surface area (Å²) in [5.74, 6) is 2.82. The number of rotatable bonds is 1. The zero-order chi connectivity index (χ0) is 14.6. The zero-order valence-corrected chi connectivity index (χ0v) is 13.1. The van der Waals surface area contributed by atoms with Crippen LogP contribution in [0.15, 0.2) is 18.5 Å². The van der Waals surface area contributed by atoms with Crippen LogP contribution in [0.5, 0.6) is 0 Å². The Morgan fingerprint density at radius 2 is 2.14 bits per heavy atom. The molecule has 21 heavy (non-hydrogen) atoms. The van der Waals surface area contributed by atoms with E-state index >= 15 is 0 Å². The molecule has 112 valence electrons. The van der Waals surface area contributed by atoms with Gasteiger partial charge in [-0.05, 0) is 58.1 Å². The highest BCUT2D eigenvalue weighted by Gasteiger charge is 2.42. The molecule has 2 aliphatic rings. The van der Waals surface area contributed by atoms with Gasteiger partial charge in [0, 0.05) is 11.7 Å². The molecule has 1 aliphatic carbocycles. The number of aromatic nitrogens is 3. The summed E-state index contributed by atoms with van der Waals surface area (Å²) in [5, 5.41) is 3.74. The average Bonchev–Trinajstić information content (AvgIpc) is 3.10. The third-order valence-corrected chi connectivity index (χ3v) is 5.18. The van der Waals surface area contributed by atoms with Gasteiger partial charge in [0.25, 0.3) is 0 Å². The number of fused-ring (bicyclic) bond motifs is 2. The van der Waals surface area contributed by atoms with E-state index in [-0.39, 0.29) is 5.54 Å². The van der Waals surface area contributed by atoms with Gasteiger partial charge in [0.05, 0.1) is 17.8 Å². The van der Waals surface area contributed by atoms with E-state index in [2.05, 4.69) is 41.7 Å². The number of nitrogens with zero attached hydrogens (tertiary/aromatic N) is 3. The number of nitrogens with one attached hydrogen (secondary N) is 1. The van der Waals surface area contributed by atoms with Crippen LogP contribution in [0, 0.1) is 11.8 Å². The minimum Gasteiger partial charge on any atom is -0.321 e. The zero-order valence-electron chi connectivity index (χ0n) is 13.1. The smallest absolute Gasteiger partial charge is 0.127 e. The molecule has 2 aromatic rings. The maximum atomic E-state index is 4.96. The van der Waals surface area contributed by atoms with Crippen molar-refractivity contribution in [1.29, 1.82) is 0 Å². The third kappa shape index (κ3) is 2.00. The van der Waals surface area contributed by atoms with Crippen LogP contribution in [0.3, 0.4) is 0 Å². The van der Waals surface area contributed by atoms with Crippen molar-refractivity contribution in [2.24, 2.45) is 11.8 Å². The van der Waals surface area contributed by atoms with Crippen molar-refractivity contribution in [3.05, 3.63) is 24.3 Å². The van der Waals surface area contributed by atoms with E-state index in [4.69, 9.17) is 4.98 Å². The topological polar surface area (TPSA) is 42.7 Å². The second-order valence-electron chi connectivity index (χ2n) is 7.58.